The molecule has 0 amide bonds. The molecule has 2 heteroatoms. The number of likely N-dealkylation sites (tertiary alicyclic amines) is 1. The van der Waals surface area contributed by atoms with Gasteiger partial charge in [0, 0.05) is 12.6 Å². The number of nitrogens with zero attached hydrogens (tertiary/aromatic N) is 1. The number of aliphatic hydroxyl groups is 1. The molecule has 1 aliphatic carbocycles. The minimum Gasteiger partial charge on any atom is -0.391 e. The third kappa shape index (κ3) is 5.90. The van der Waals surface area contributed by atoms with Gasteiger partial charge >= 0.3 is 0 Å². The molecule has 1 N–H and O–H groups in total. The van der Waals surface area contributed by atoms with Crippen LogP contribution in [0.1, 0.15) is 90.4 Å². The van der Waals surface area contributed by atoms with E-state index in [0.29, 0.717) is 6.04 Å². The van der Waals surface area contributed by atoms with E-state index >= 15 is 0 Å². The second-order valence-electron chi connectivity index (χ2n) is 7.45. The molecule has 3 atom stereocenters. The average Bonchev–Trinajstić information content (AvgIpc) is 2.51. The Morgan fingerprint density at radius 2 is 1.43 bits per heavy atom. The molecule has 0 aromatic rings. The van der Waals surface area contributed by atoms with Crippen molar-refractivity contribution in [3.05, 3.63) is 0 Å². The Balaban J connectivity index is 1.90. The first kappa shape index (κ1) is 17.3. The van der Waals surface area contributed by atoms with Crippen LogP contribution < -0.4 is 0 Å². The van der Waals surface area contributed by atoms with Crippen molar-refractivity contribution in [2.45, 2.75) is 103 Å². The maximum atomic E-state index is 10.7. The van der Waals surface area contributed by atoms with Crippen LogP contribution in [0.25, 0.3) is 0 Å². The predicted octanol–water partition coefficient (Wildman–Crippen LogP) is 4.75. The molecule has 2 rings (SSSR count). The van der Waals surface area contributed by atoms with E-state index in [1.807, 2.05) is 0 Å². The van der Waals surface area contributed by atoms with Crippen molar-refractivity contribution in [2.75, 3.05) is 13.1 Å². The highest BCUT2D eigenvalue weighted by atomic mass is 16.3. The Labute approximate surface area is 132 Å². The van der Waals surface area contributed by atoms with Crippen LogP contribution in [-0.4, -0.2) is 35.2 Å². The van der Waals surface area contributed by atoms with Gasteiger partial charge in [0.15, 0.2) is 0 Å². The number of rotatable bonds is 2. The molecule has 0 bridgehead atoms. The highest BCUT2D eigenvalue weighted by Gasteiger charge is 2.29. The van der Waals surface area contributed by atoms with Gasteiger partial charge in [-0.15, -0.1) is 0 Å². The largest absolute Gasteiger partial charge is 0.391 e. The fourth-order valence-electron chi connectivity index (χ4n) is 4.31. The van der Waals surface area contributed by atoms with Gasteiger partial charge in [0.25, 0.3) is 0 Å². The average molecular weight is 296 g/mol. The smallest absolute Gasteiger partial charge is 0.0695 e. The summed E-state index contributed by atoms with van der Waals surface area (Å²) in [5.41, 5.74) is 0. The van der Waals surface area contributed by atoms with Crippen LogP contribution in [0, 0.1) is 5.92 Å². The normalized spacial score (nSPS) is 34.9. The van der Waals surface area contributed by atoms with Crippen molar-refractivity contribution in [3.8, 4) is 0 Å². The highest BCUT2D eigenvalue weighted by Crippen LogP contribution is 2.26. The molecule has 21 heavy (non-hydrogen) atoms. The van der Waals surface area contributed by atoms with Crippen LogP contribution in [0.4, 0.5) is 0 Å². The Morgan fingerprint density at radius 3 is 2.10 bits per heavy atom. The van der Waals surface area contributed by atoms with Gasteiger partial charge in [-0.3, -0.25) is 4.90 Å². The van der Waals surface area contributed by atoms with E-state index in [4.69, 9.17) is 0 Å². The maximum absolute atomic E-state index is 10.7. The quantitative estimate of drug-likeness (QED) is 0.794. The van der Waals surface area contributed by atoms with E-state index in [-0.39, 0.29) is 6.10 Å². The highest BCUT2D eigenvalue weighted by molar-refractivity contribution is 4.84. The van der Waals surface area contributed by atoms with Gasteiger partial charge in [0.1, 0.15) is 0 Å². The number of hydrogen-bond donors (Lipinski definition) is 1. The van der Waals surface area contributed by atoms with Gasteiger partial charge in [0.2, 0.25) is 0 Å². The van der Waals surface area contributed by atoms with Crippen LogP contribution in [0.15, 0.2) is 0 Å². The molecule has 1 saturated heterocycles. The predicted molar refractivity (Wildman–Crippen MR) is 90.6 cm³/mol. The molecule has 1 saturated carbocycles. The van der Waals surface area contributed by atoms with Crippen LogP contribution >= 0.6 is 0 Å². The van der Waals surface area contributed by atoms with Gasteiger partial charge in [-0.1, -0.05) is 64.7 Å². The fourth-order valence-corrected chi connectivity index (χ4v) is 4.31. The zero-order valence-corrected chi connectivity index (χ0v) is 14.2. The Kier molecular flexibility index (Phi) is 8.10. The molecule has 0 radical (unpaired) electrons. The first-order valence-corrected chi connectivity index (χ1v) is 9.73. The zero-order chi connectivity index (χ0) is 14.9. The number of aliphatic hydroxyl groups excluding tert-OH is 1. The van der Waals surface area contributed by atoms with Gasteiger partial charge in [-0.2, -0.15) is 0 Å². The lowest BCUT2D eigenvalue weighted by atomic mass is 9.90. The Bertz CT molecular complexity index is 268. The second kappa shape index (κ2) is 9.84. The van der Waals surface area contributed by atoms with Crippen molar-refractivity contribution < 1.29 is 5.11 Å². The molecule has 0 aromatic carbocycles. The summed E-state index contributed by atoms with van der Waals surface area (Å²) in [7, 11) is 0. The van der Waals surface area contributed by atoms with Crippen molar-refractivity contribution in [3.63, 3.8) is 0 Å². The van der Waals surface area contributed by atoms with Crippen LogP contribution in [0.2, 0.25) is 0 Å². The molecular weight excluding hydrogens is 258 g/mol. The molecule has 124 valence electrons. The van der Waals surface area contributed by atoms with E-state index in [9.17, 15) is 5.11 Å². The van der Waals surface area contributed by atoms with E-state index in [1.165, 1.54) is 90.1 Å². The van der Waals surface area contributed by atoms with E-state index in [1.54, 1.807) is 0 Å². The van der Waals surface area contributed by atoms with E-state index in [2.05, 4.69) is 11.8 Å². The maximum Gasteiger partial charge on any atom is 0.0695 e. The van der Waals surface area contributed by atoms with Crippen LogP contribution in [0.5, 0.6) is 0 Å². The van der Waals surface area contributed by atoms with Crippen LogP contribution in [-0.2, 0) is 0 Å². The molecule has 0 spiro atoms. The lowest BCUT2D eigenvalue weighted by Crippen LogP contribution is -2.48. The molecule has 3 unspecified atom stereocenters. The minimum absolute atomic E-state index is 0.0833. The number of piperidine rings is 1. The summed E-state index contributed by atoms with van der Waals surface area (Å²) in [6.45, 7) is 4.78. The van der Waals surface area contributed by atoms with Crippen molar-refractivity contribution >= 4 is 0 Å². The zero-order valence-electron chi connectivity index (χ0n) is 14.2. The first-order chi connectivity index (χ1) is 10.3. The molecule has 2 nitrogen and oxygen atoms in total. The van der Waals surface area contributed by atoms with Crippen molar-refractivity contribution in [1.29, 1.82) is 0 Å². The standard InChI is InChI=1S/C19H37NO/c1-2-17-12-11-15-20(16-17)18-13-9-7-5-3-4-6-8-10-14-19(18)21/h17-19,21H,2-16H2,1H3. The molecule has 1 heterocycles. The SMILES string of the molecule is CCC1CCCN(C2CCCCCCCCCCC2O)C1. The summed E-state index contributed by atoms with van der Waals surface area (Å²) >= 11 is 0. The second-order valence-corrected chi connectivity index (χ2v) is 7.45. The Hall–Kier alpha value is -0.0800. The lowest BCUT2D eigenvalue weighted by Gasteiger charge is -2.40. The molecular formula is C19H37NO. The van der Waals surface area contributed by atoms with Gasteiger partial charge in [0.05, 0.1) is 6.10 Å². The number of hydrogen-bond acceptors (Lipinski definition) is 2. The molecule has 1 aliphatic heterocycles. The monoisotopic (exact) mass is 295 g/mol. The summed E-state index contributed by atoms with van der Waals surface area (Å²) in [5.74, 6) is 0.868. The molecule has 0 aromatic heterocycles. The molecule has 2 aliphatic rings. The summed E-state index contributed by atoms with van der Waals surface area (Å²) in [5, 5.41) is 10.7. The van der Waals surface area contributed by atoms with E-state index in [0.717, 1.165) is 12.3 Å². The third-order valence-corrected chi connectivity index (χ3v) is 5.79. The summed E-state index contributed by atoms with van der Waals surface area (Å²) in [6, 6.07) is 0.443. The summed E-state index contributed by atoms with van der Waals surface area (Å²) in [4.78, 5) is 2.65. The topological polar surface area (TPSA) is 23.5 Å². The van der Waals surface area contributed by atoms with Crippen molar-refractivity contribution in [2.24, 2.45) is 5.92 Å². The minimum atomic E-state index is -0.0833. The summed E-state index contributed by atoms with van der Waals surface area (Å²) < 4.78 is 0. The molecule has 2 fully saturated rings. The van der Waals surface area contributed by atoms with Gasteiger partial charge < -0.3 is 5.11 Å². The summed E-state index contributed by atoms with van der Waals surface area (Å²) in [6.07, 6.45) is 17.0. The Morgan fingerprint density at radius 1 is 0.810 bits per heavy atom. The van der Waals surface area contributed by atoms with Crippen LogP contribution in [0.3, 0.4) is 0 Å². The van der Waals surface area contributed by atoms with E-state index < -0.39 is 0 Å². The van der Waals surface area contributed by atoms with Gasteiger partial charge in [-0.05, 0) is 38.1 Å². The third-order valence-electron chi connectivity index (χ3n) is 5.79. The fraction of sp³-hybridized carbons (Fsp3) is 1.00. The lowest BCUT2D eigenvalue weighted by molar-refractivity contribution is 0.0129. The van der Waals surface area contributed by atoms with Crippen molar-refractivity contribution in [1.82, 2.24) is 4.90 Å². The van der Waals surface area contributed by atoms with Gasteiger partial charge in [-0.25, -0.2) is 0 Å². The first-order valence-electron chi connectivity index (χ1n) is 9.73.